The number of benzene rings is 1. The van der Waals surface area contributed by atoms with E-state index in [1.807, 2.05) is 5.38 Å². The van der Waals surface area contributed by atoms with Gasteiger partial charge in [-0.25, -0.2) is 23.3 Å². The first kappa shape index (κ1) is 17.3. The number of anilines is 1. The van der Waals surface area contributed by atoms with E-state index in [1.54, 1.807) is 10.6 Å². The lowest BCUT2D eigenvalue weighted by atomic mass is 10.1. The highest BCUT2D eigenvalue weighted by molar-refractivity contribution is 7.09. The van der Waals surface area contributed by atoms with Crippen LogP contribution in [0.1, 0.15) is 5.01 Å². The highest BCUT2D eigenvalue weighted by Crippen LogP contribution is 2.37. The molecule has 0 aliphatic carbocycles. The lowest BCUT2D eigenvalue weighted by molar-refractivity contribution is 0.360. The third-order valence-electron chi connectivity index (χ3n) is 4.08. The maximum atomic E-state index is 14.2. The van der Waals surface area contributed by atoms with Gasteiger partial charge in [0.1, 0.15) is 16.9 Å². The van der Waals surface area contributed by atoms with E-state index in [9.17, 15) is 8.78 Å². The Balaban J connectivity index is 1.99. The smallest absolute Gasteiger partial charge is 0.190 e. The van der Waals surface area contributed by atoms with Crippen molar-refractivity contribution in [1.82, 2.24) is 19.6 Å². The Labute approximate surface area is 156 Å². The first-order valence-electron chi connectivity index (χ1n) is 7.84. The maximum Gasteiger partial charge on any atom is 0.190 e. The molecule has 0 bridgehead atoms. The molecule has 1 aromatic carbocycles. The molecular formula is C17H14F2N6OS. The van der Waals surface area contributed by atoms with Gasteiger partial charge < -0.3 is 16.2 Å². The van der Waals surface area contributed by atoms with Crippen molar-refractivity contribution >= 4 is 22.7 Å². The fourth-order valence-corrected chi connectivity index (χ4v) is 3.57. The first-order valence-corrected chi connectivity index (χ1v) is 8.72. The lowest BCUT2D eigenvalue weighted by Crippen LogP contribution is -2.01. The van der Waals surface area contributed by atoms with E-state index in [2.05, 4.69) is 15.1 Å². The van der Waals surface area contributed by atoms with E-state index in [-0.39, 0.29) is 11.4 Å². The maximum absolute atomic E-state index is 14.2. The largest absolute Gasteiger partial charge is 0.491 e. The number of nitrogen functional groups attached to an aromatic ring is 1. The minimum absolute atomic E-state index is 0.178. The zero-order valence-corrected chi connectivity index (χ0v) is 14.9. The van der Waals surface area contributed by atoms with Gasteiger partial charge in [-0.2, -0.15) is 5.10 Å². The zero-order chi connectivity index (χ0) is 19.1. The van der Waals surface area contributed by atoms with E-state index >= 15 is 0 Å². The SMILES string of the molecule is COc1c(F)cc(-c2cc(-c3csc(CN)n3)n3ncnc(N)c23)cc1F. The summed E-state index contributed by atoms with van der Waals surface area (Å²) in [5.74, 6) is -1.90. The van der Waals surface area contributed by atoms with E-state index in [1.165, 1.54) is 36.9 Å². The number of aromatic nitrogens is 4. The van der Waals surface area contributed by atoms with Gasteiger partial charge in [0.2, 0.25) is 0 Å². The van der Waals surface area contributed by atoms with Crippen molar-refractivity contribution in [3.8, 4) is 28.3 Å². The van der Waals surface area contributed by atoms with Crippen molar-refractivity contribution in [2.45, 2.75) is 6.54 Å². The third kappa shape index (κ3) is 2.78. The van der Waals surface area contributed by atoms with Crippen molar-refractivity contribution in [1.29, 1.82) is 0 Å². The van der Waals surface area contributed by atoms with E-state index < -0.39 is 17.4 Å². The Bertz CT molecular complexity index is 1130. The summed E-state index contributed by atoms with van der Waals surface area (Å²) in [6.45, 7) is 0.312. The first-order chi connectivity index (χ1) is 13.0. The van der Waals surface area contributed by atoms with Crippen LogP contribution in [0.5, 0.6) is 5.75 Å². The van der Waals surface area contributed by atoms with Crippen molar-refractivity contribution in [3.63, 3.8) is 0 Å². The summed E-state index contributed by atoms with van der Waals surface area (Å²) in [4.78, 5) is 8.45. The van der Waals surface area contributed by atoms with Gasteiger partial charge in [-0.1, -0.05) is 0 Å². The number of ether oxygens (including phenoxy) is 1. The third-order valence-corrected chi connectivity index (χ3v) is 4.96. The molecule has 0 unspecified atom stereocenters. The Morgan fingerprint density at radius 1 is 1.22 bits per heavy atom. The van der Waals surface area contributed by atoms with E-state index in [4.69, 9.17) is 16.2 Å². The van der Waals surface area contributed by atoms with Crippen LogP contribution in [0.25, 0.3) is 28.0 Å². The van der Waals surface area contributed by atoms with Gasteiger partial charge in [0, 0.05) is 17.5 Å². The van der Waals surface area contributed by atoms with Gasteiger partial charge in [-0.15, -0.1) is 11.3 Å². The van der Waals surface area contributed by atoms with Crippen LogP contribution in [-0.2, 0) is 6.54 Å². The molecule has 3 aromatic heterocycles. The van der Waals surface area contributed by atoms with Crippen LogP contribution in [0, 0.1) is 11.6 Å². The van der Waals surface area contributed by atoms with E-state index in [0.717, 1.165) is 5.01 Å². The van der Waals surface area contributed by atoms with Crippen LogP contribution in [0.2, 0.25) is 0 Å². The number of hydrogen-bond acceptors (Lipinski definition) is 7. The van der Waals surface area contributed by atoms with Crippen molar-refractivity contribution < 1.29 is 13.5 Å². The summed E-state index contributed by atoms with van der Waals surface area (Å²) in [7, 11) is 1.20. The summed E-state index contributed by atoms with van der Waals surface area (Å²) < 4.78 is 34.7. The fraction of sp³-hybridized carbons (Fsp3) is 0.118. The van der Waals surface area contributed by atoms with Gasteiger partial charge in [-0.3, -0.25) is 0 Å². The second-order valence-electron chi connectivity index (χ2n) is 5.65. The molecule has 138 valence electrons. The number of nitrogens with zero attached hydrogens (tertiary/aromatic N) is 4. The number of rotatable bonds is 4. The molecular weight excluding hydrogens is 374 g/mol. The molecule has 0 saturated heterocycles. The molecule has 3 heterocycles. The standard InChI is InChI=1S/C17H14F2N6OS/c1-26-16-10(18)2-8(3-11(16)19)9-4-13(12-6-27-14(5-20)24-12)25-15(9)17(21)22-7-23-25/h2-4,6-7H,5,20H2,1H3,(H2,21,22,23). The van der Waals surface area contributed by atoms with Crippen LogP contribution in [-0.4, -0.2) is 26.7 Å². The number of nitrogens with two attached hydrogens (primary N) is 2. The molecule has 0 aliphatic rings. The topological polar surface area (TPSA) is 104 Å². The summed E-state index contributed by atoms with van der Waals surface area (Å²) in [5.41, 5.74) is 14.1. The molecule has 0 atom stereocenters. The van der Waals surface area contributed by atoms with Gasteiger partial charge in [0.15, 0.2) is 23.2 Å². The Kier molecular flexibility index (Phi) is 4.21. The van der Waals surface area contributed by atoms with E-state index in [0.29, 0.717) is 29.0 Å². The Morgan fingerprint density at radius 2 is 1.96 bits per heavy atom. The van der Waals surface area contributed by atoms with Gasteiger partial charge >= 0.3 is 0 Å². The van der Waals surface area contributed by atoms with Crippen LogP contribution >= 0.6 is 11.3 Å². The zero-order valence-electron chi connectivity index (χ0n) is 14.1. The molecule has 27 heavy (non-hydrogen) atoms. The lowest BCUT2D eigenvalue weighted by Gasteiger charge is -2.07. The predicted molar refractivity (Wildman–Crippen MR) is 98.3 cm³/mol. The molecule has 0 saturated carbocycles. The van der Waals surface area contributed by atoms with Crippen LogP contribution < -0.4 is 16.2 Å². The Hall–Kier alpha value is -3.11. The van der Waals surface area contributed by atoms with Crippen molar-refractivity contribution in [2.75, 3.05) is 12.8 Å². The van der Waals surface area contributed by atoms with Gasteiger partial charge in [-0.05, 0) is 23.8 Å². The molecule has 4 aromatic rings. The number of methoxy groups -OCH3 is 1. The molecule has 10 heteroatoms. The predicted octanol–water partition coefficient (Wildman–Crippen LogP) is 2.85. The summed E-state index contributed by atoms with van der Waals surface area (Å²) in [5, 5.41) is 6.81. The highest BCUT2D eigenvalue weighted by Gasteiger charge is 2.20. The normalized spacial score (nSPS) is 11.3. The summed E-state index contributed by atoms with van der Waals surface area (Å²) in [6.07, 6.45) is 1.31. The molecule has 0 spiro atoms. The molecule has 0 radical (unpaired) electrons. The molecule has 0 aliphatic heterocycles. The average molecular weight is 388 g/mol. The fourth-order valence-electron chi connectivity index (χ4n) is 2.90. The van der Waals surface area contributed by atoms with Gasteiger partial charge in [0.25, 0.3) is 0 Å². The molecule has 7 nitrogen and oxygen atoms in total. The van der Waals surface area contributed by atoms with Crippen LogP contribution in [0.15, 0.2) is 29.9 Å². The van der Waals surface area contributed by atoms with Crippen LogP contribution in [0.3, 0.4) is 0 Å². The molecule has 0 fully saturated rings. The Morgan fingerprint density at radius 3 is 2.59 bits per heavy atom. The van der Waals surface area contributed by atoms with Crippen molar-refractivity contribution in [2.24, 2.45) is 5.73 Å². The van der Waals surface area contributed by atoms with Crippen LogP contribution in [0.4, 0.5) is 14.6 Å². The summed E-state index contributed by atoms with van der Waals surface area (Å²) >= 11 is 1.41. The van der Waals surface area contributed by atoms with Crippen molar-refractivity contribution in [3.05, 3.63) is 46.5 Å². The number of fused-ring (bicyclic) bond motifs is 1. The highest BCUT2D eigenvalue weighted by atomic mass is 32.1. The number of thiazole rings is 1. The second-order valence-corrected chi connectivity index (χ2v) is 6.60. The molecule has 4 N–H and O–H groups in total. The molecule has 0 amide bonds. The van der Waals surface area contributed by atoms with Gasteiger partial charge in [0.05, 0.1) is 18.5 Å². The quantitative estimate of drug-likeness (QED) is 0.557. The minimum Gasteiger partial charge on any atom is -0.491 e. The minimum atomic E-state index is -0.817. The monoisotopic (exact) mass is 388 g/mol. The second kappa shape index (κ2) is 6.56. The molecule has 4 rings (SSSR count). The average Bonchev–Trinajstić information content (AvgIpc) is 3.26. The number of halogens is 2. The summed E-state index contributed by atoms with van der Waals surface area (Å²) in [6, 6.07) is 4.08. The number of hydrogen-bond donors (Lipinski definition) is 2.